The molecule has 0 aliphatic heterocycles. The minimum atomic E-state index is 0.0636. The van der Waals surface area contributed by atoms with E-state index >= 15 is 0 Å². The molecule has 1 heterocycles. The topological polar surface area (TPSA) is 47.0 Å². The van der Waals surface area contributed by atoms with Gasteiger partial charge in [-0.1, -0.05) is 12.1 Å². The molecule has 0 atom stereocenters. The fraction of sp³-hybridized carbons (Fsp3) is 0.375. The molecule has 0 bridgehead atoms. The Morgan fingerprint density at radius 1 is 1.10 bits per heavy atom. The zero-order valence-electron chi connectivity index (χ0n) is 12.9. The molecule has 1 aromatic carbocycles. The number of para-hydroxylation sites is 1. The molecule has 0 saturated heterocycles. The molecule has 0 spiro atoms. The van der Waals surface area contributed by atoms with Crippen molar-refractivity contribution in [1.82, 2.24) is 15.5 Å². The lowest BCUT2D eigenvalue weighted by atomic mass is 10.1. The van der Waals surface area contributed by atoms with Crippen LogP contribution < -0.4 is 10.1 Å². The number of hydrogen-bond donors (Lipinski definition) is 1. The lowest BCUT2D eigenvalue weighted by Crippen LogP contribution is -2.35. The first-order valence-electron chi connectivity index (χ1n) is 6.86. The molecule has 21 heavy (non-hydrogen) atoms. The van der Waals surface area contributed by atoms with Crippen molar-refractivity contribution < 1.29 is 4.74 Å². The van der Waals surface area contributed by atoms with Crippen molar-refractivity contribution >= 4 is 11.8 Å². The second kappa shape index (κ2) is 6.91. The molecule has 0 fully saturated rings. The van der Waals surface area contributed by atoms with Gasteiger partial charge in [-0.05, 0) is 45.2 Å². The van der Waals surface area contributed by atoms with Crippen LogP contribution in [0, 0.1) is 0 Å². The summed E-state index contributed by atoms with van der Waals surface area (Å²) in [5, 5.41) is 11.7. The molecule has 112 valence electrons. The number of hydrogen-bond acceptors (Lipinski definition) is 5. The molecule has 2 rings (SSSR count). The average molecular weight is 303 g/mol. The molecule has 0 aliphatic carbocycles. The van der Waals surface area contributed by atoms with Crippen LogP contribution in [0.1, 0.15) is 26.5 Å². The Bertz CT molecular complexity index is 579. The summed E-state index contributed by atoms with van der Waals surface area (Å²) >= 11 is 1.65. The second-order valence-corrected chi connectivity index (χ2v) is 6.57. The van der Waals surface area contributed by atoms with Gasteiger partial charge >= 0.3 is 0 Å². The van der Waals surface area contributed by atoms with Crippen LogP contribution in [0.2, 0.25) is 0 Å². The number of nitrogens with one attached hydrogen (secondary N) is 1. The lowest BCUT2D eigenvalue weighted by molar-refractivity contribution is 0.415. The quantitative estimate of drug-likeness (QED) is 0.849. The highest BCUT2D eigenvalue weighted by Crippen LogP contribution is 2.30. The molecule has 5 heteroatoms. The van der Waals surface area contributed by atoms with Crippen LogP contribution in [0.3, 0.4) is 0 Å². The van der Waals surface area contributed by atoms with E-state index in [0.29, 0.717) is 12.4 Å². The van der Waals surface area contributed by atoms with E-state index in [0.717, 1.165) is 16.3 Å². The summed E-state index contributed by atoms with van der Waals surface area (Å²) < 4.78 is 5.79. The monoisotopic (exact) mass is 303 g/mol. The number of nitrogens with zero attached hydrogens (tertiary/aromatic N) is 2. The van der Waals surface area contributed by atoms with E-state index in [1.54, 1.807) is 11.8 Å². The molecular formula is C16H21N3OS. The van der Waals surface area contributed by atoms with Crippen molar-refractivity contribution in [3.8, 4) is 11.6 Å². The van der Waals surface area contributed by atoms with Crippen molar-refractivity contribution in [2.24, 2.45) is 0 Å². The van der Waals surface area contributed by atoms with Crippen LogP contribution in [-0.2, 0) is 6.54 Å². The first kappa shape index (κ1) is 15.8. The van der Waals surface area contributed by atoms with Crippen molar-refractivity contribution in [3.05, 3.63) is 42.1 Å². The van der Waals surface area contributed by atoms with E-state index in [1.165, 1.54) is 0 Å². The molecule has 1 N–H and O–H groups in total. The highest BCUT2D eigenvalue weighted by molar-refractivity contribution is 7.98. The lowest BCUT2D eigenvalue weighted by Gasteiger charge is -2.19. The zero-order chi connectivity index (χ0) is 15.3. The zero-order valence-corrected chi connectivity index (χ0v) is 13.7. The van der Waals surface area contributed by atoms with Crippen molar-refractivity contribution in [3.63, 3.8) is 0 Å². The summed E-state index contributed by atoms with van der Waals surface area (Å²) in [4.78, 5) is 1.08. The summed E-state index contributed by atoms with van der Waals surface area (Å²) in [6.07, 6.45) is 2.02. The molecule has 0 amide bonds. The Labute approximate surface area is 130 Å². The van der Waals surface area contributed by atoms with E-state index < -0.39 is 0 Å². The second-order valence-electron chi connectivity index (χ2n) is 5.72. The Morgan fingerprint density at radius 2 is 1.86 bits per heavy atom. The molecule has 2 aromatic rings. The molecular weight excluding hydrogens is 282 g/mol. The number of ether oxygens (including phenoxy) is 1. The van der Waals surface area contributed by atoms with Gasteiger partial charge < -0.3 is 10.1 Å². The van der Waals surface area contributed by atoms with Crippen molar-refractivity contribution in [2.75, 3.05) is 6.26 Å². The minimum Gasteiger partial charge on any atom is -0.436 e. The summed E-state index contributed by atoms with van der Waals surface area (Å²) in [6, 6.07) is 11.7. The van der Waals surface area contributed by atoms with E-state index in [-0.39, 0.29) is 5.54 Å². The number of rotatable bonds is 5. The Kier molecular flexibility index (Phi) is 5.20. The Balaban J connectivity index is 2.02. The predicted octanol–water partition coefficient (Wildman–Crippen LogP) is 3.88. The van der Waals surface area contributed by atoms with E-state index in [2.05, 4.69) is 36.3 Å². The van der Waals surface area contributed by atoms with Crippen LogP contribution in [0.15, 0.2) is 41.3 Å². The number of benzene rings is 1. The third-order valence-corrected chi connectivity index (χ3v) is 3.56. The van der Waals surface area contributed by atoms with Gasteiger partial charge in [0.25, 0.3) is 0 Å². The normalized spacial score (nSPS) is 11.4. The highest BCUT2D eigenvalue weighted by atomic mass is 32.2. The van der Waals surface area contributed by atoms with E-state index in [4.69, 9.17) is 4.74 Å². The molecule has 4 nitrogen and oxygen atoms in total. The fourth-order valence-corrected chi connectivity index (χ4v) is 2.19. The average Bonchev–Trinajstić information content (AvgIpc) is 2.46. The summed E-state index contributed by atoms with van der Waals surface area (Å²) in [5.74, 6) is 1.32. The minimum absolute atomic E-state index is 0.0636. The maximum atomic E-state index is 5.79. The van der Waals surface area contributed by atoms with Gasteiger partial charge in [0.1, 0.15) is 5.75 Å². The van der Waals surface area contributed by atoms with Gasteiger partial charge in [0.05, 0.1) is 5.69 Å². The third kappa shape index (κ3) is 5.02. The van der Waals surface area contributed by atoms with Gasteiger partial charge in [0.2, 0.25) is 5.88 Å². The van der Waals surface area contributed by atoms with Gasteiger partial charge in [-0.2, -0.15) is 5.10 Å². The van der Waals surface area contributed by atoms with Crippen molar-refractivity contribution in [2.45, 2.75) is 37.8 Å². The predicted molar refractivity (Wildman–Crippen MR) is 86.9 cm³/mol. The maximum Gasteiger partial charge on any atom is 0.238 e. The summed E-state index contributed by atoms with van der Waals surface area (Å²) in [5.41, 5.74) is 0.962. The summed E-state index contributed by atoms with van der Waals surface area (Å²) in [7, 11) is 0. The molecule has 0 saturated carbocycles. The number of aromatic nitrogens is 2. The van der Waals surface area contributed by atoms with Gasteiger partial charge in [-0.25, -0.2) is 0 Å². The largest absolute Gasteiger partial charge is 0.436 e. The van der Waals surface area contributed by atoms with Crippen molar-refractivity contribution in [1.29, 1.82) is 0 Å². The highest BCUT2D eigenvalue weighted by Gasteiger charge is 2.09. The fourth-order valence-electron chi connectivity index (χ4n) is 1.67. The van der Waals surface area contributed by atoms with E-state index in [1.807, 2.05) is 42.7 Å². The van der Waals surface area contributed by atoms with Crippen LogP contribution >= 0.6 is 11.8 Å². The summed E-state index contributed by atoms with van der Waals surface area (Å²) in [6.45, 7) is 7.06. The van der Waals surface area contributed by atoms with Crippen LogP contribution in [0.5, 0.6) is 11.6 Å². The van der Waals surface area contributed by atoms with Crippen LogP contribution in [0.4, 0.5) is 0 Å². The van der Waals surface area contributed by atoms with Gasteiger partial charge in [0.15, 0.2) is 0 Å². The standard InChI is InChI=1S/C16H21N3OS/c1-16(2,3)17-11-12-9-10-15(19-18-12)20-13-7-5-6-8-14(13)21-4/h5-10,17H,11H2,1-4H3. The Morgan fingerprint density at radius 3 is 2.48 bits per heavy atom. The third-order valence-electron chi connectivity index (χ3n) is 2.78. The molecule has 0 aliphatic rings. The SMILES string of the molecule is CSc1ccccc1Oc1ccc(CNC(C)(C)C)nn1. The van der Waals surface area contributed by atoms with Gasteiger partial charge in [0, 0.05) is 23.0 Å². The van der Waals surface area contributed by atoms with E-state index in [9.17, 15) is 0 Å². The molecule has 0 unspecified atom stereocenters. The van der Waals surface area contributed by atoms with Gasteiger partial charge in [-0.15, -0.1) is 16.9 Å². The maximum absolute atomic E-state index is 5.79. The van der Waals surface area contributed by atoms with Crippen LogP contribution in [0.25, 0.3) is 0 Å². The van der Waals surface area contributed by atoms with Gasteiger partial charge in [-0.3, -0.25) is 0 Å². The smallest absolute Gasteiger partial charge is 0.238 e. The van der Waals surface area contributed by atoms with Crippen LogP contribution in [-0.4, -0.2) is 22.0 Å². The molecule has 1 aromatic heterocycles. The number of thioether (sulfide) groups is 1. The first-order valence-corrected chi connectivity index (χ1v) is 8.09. The Hall–Kier alpha value is -1.59. The first-order chi connectivity index (χ1) is 9.98. The molecule has 0 radical (unpaired) electrons.